The molecule has 0 aliphatic heterocycles. The predicted octanol–water partition coefficient (Wildman–Crippen LogP) is 2.90. The quantitative estimate of drug-likeness (QED) is 0.909. The number of benzene rings is 1. The highest BCUT2D eigenvalue weighted by Gasteiger charge is 2.33. The van der Waals surface area contributed by atoms with Crippen LogP contribution in [0.25, 0.3) is 0 Å². The van der Waals surface area contributed by atoms with E-state index in [1.807, 2.05) is 6.07 Å². The average molecular weight is 296 g/mol. The maximum Gasteiger partial charge on any atom is 0.147 e. The molecular weight excluding hydrogens is 272 g/mol. The normalized spacial score (nSPS) is 27.4. The van der Waals surface area contributed by atoms with Gasteiger partial charge in [0.05, 0.1) is 5.60 Å². The Morgan fingerprint density at radius 2 is 1.80 bits per heavy atom. The fourth-order valence-electron chi connectivity index (χ4n) is 3.13. The summed E-state index contributed by atoms with van der Waals surface area (Å²) in [6.07, 6.45) is 5.93. The summed E-state index contributed by atoms with van der Waals surface area (Å²) in [5, 5.41) is 10.5. The van der Waals surface area contributed by atoms with Crippen molar-refractivity contribution in [3.8, 4) is 0 Å². The molecule has 3 nitrogen and oxygen atoms in total. The van der Waals surface area contributed by atoms with E-state index in [-0.39, 0.29) is 5.75 Å². The monoisotopic (exact) mass is 296 g/mol. The van der Waals surface area contributed by atoms with Crippen LogP contribution in [0.5, 0.6) is 0 Å². The van der Waals surface area contributed by atoms with Gasteiger partial charge in [0, 0.05) is 12.0 Å². The van der Waals surface area contributed by atoms with Crippen molar-refractivity contribution >= 4 is 9.84 Å². The summed E-state index contributed by atoms with van der Waals surface area (Å²) in [4.78, 5) is 0. The van der Waals surface area contributed by atoms with E-state index in [1.165, 1.54) is 11.8 Å². The highest BCUT2D eigenvalue weighted by Crippen LogP contribution is 2.39. The molecule has 0 aromatic heterocycles. The number of aliphatic hydroxyl groups is 1. The first-order valence-electron chi connectivity index (χ1n) is 7.33. The molecule has 20 heavy (non-hydrogen) atoms. The molecule has 1 aromatic rings. The van der Waals surface area contributed by atoms with Gasteiger partial charge in [-0.1, -0.05) is 30.3 Å². The highest BCUT2D eigenvalue weighted by atomic mass is 32.2. The molecule has 4 heteroatoms. The first-order valence-corrected chi connectivity index (χ1v) is 9.39. The summed E-state index contributed by atoms with van der Waals surface area (Å²) < 4.78 is 22.3. The molecule has 0 bridgehead atoms. The molecule has 1 aliphatic carbocycles. The molecule has 1 saturated carbocycles. The van der Waals surface area contributed by atoms with Gasteiger partial charge in [-0.25, -0.2) is 8.42 Å². The van der Waals surface area contributed by atoms with Gasteiger partial charge < -0.3 is 5.11 Å². The molecule has 1 aromatic carbocycles. The van der Waals surface area contributed by atoms with Gasteiger partial charge in [0.25, 0.3) is 0 Å². The van der Waals surface area contributed by atoms with Gasteiger partial charge in [0.2, 0.25) is 0 Å². The van der Waals surface area contributed by atoms with Crippen LogP contribution in [0.3, 0.4) is 0 Å². The first kappa shape index (κ1) is 15.5. The molecule has 112 valence electrons. The van der Waals surface area contributed by atoms with Gasteiger partial charge in [-0.05, 0) is 50.0 Å². The van der Waals surface area contributed by atoms with Gasteiger partial charge in [0.15, 0.2) is 0 Å². The van der Waals surface area contributed by atoms with Gasteiger partial charge in [0.1, 0.15) is 9.84 Å². The Bertz CT molecular complexity index is 514. The number of hydrogen-bond acceptors (Lipinski definition) is 3. The lowest BCUT2D eigenvalue weighted by atomic mass is 9.74. The van der Waals surface area contributed by atoms with Crippen LogP contribution in [0.4, 0.5) is 0 Å². The number of rotatable bonds is 5. The highest BCUT2D eigenvalue weighted by molar-refractivity contribution is 7.90. The van der Waals surface area contributed by atoms with E-state index in [0.717, 1.165) is 25.7 Å². The molecule has 0 radical (unpaired) electrons. The fourth-order valence-corrected chi connectivity index (χ4v) is 3.80. The van der Waals surface area contributed by atoms with Crippen molar-refractivity contribution in [1.29, 1.82) is 0 Å². The van der Waals surface area contributed by atoms with E-state index < -0.39 is 15.4 Å². The largest absolute Gasteiger partial charge is 0.390 e. The maximum atomic E-state index is 11.1. The molecule has 0 unspecified atom stereocenters. The standard InChI is InChI=1S/C16H24O3S/c1-20(18,19)13-5-10-16(17)11-8-15(9-12-16)14-6-3-2-4-7-14/h2-4,6-7,15,17H,5,8-13H2,1H3. The van der Waals surface area contributed by atoms with Crippen molar-refractivity contribution in [2.45, 2.75) is 50.0 Å². The zero-order chi connectivity index (χ0) is 14.6. The first-order chi connectivity index (χ1) is 9.38. The van der Waals surface area contributed by atoms with Crippen LogP contribution >= 0.6 is 0 Å². The minimum atomic E-state index is -2.92. The van der Waals surface area contributed by atoms with Crippen molar-refractivity contribution in [3.63, 3.8) is 0 Å². The summed E-state index contributed by atoms with van der Waals surface area (Å²) in [6, 6.07) is 10.4. The molecule has 1 aliphatic rings. The Morgan fingerprint density at radius 3 is 2.35 bits per heavy atom. The van der Waals surface area contributed by atoms with Crippen molar-refractivity contribution in [1.82, 2.24) is 0 Å². The van der Waals surface area contributed by atoms with Gasteiger partial charge in [-0.15, -0.1) is 0 Å². The third-order valence-electron chi connectivity index (χ3n) is 4.34. The molecular formula is C16H24O3S. The topological polar surface area (TPSA) is 54.4 Å². The summed E-state index contributed by atoms with van der Waals surface area (Å²) in [6.45, 7) is 0. The van der Waals surface area contributed by atoms with Gasteiger partial charge in [-0.2, -0.15) is 0 Å². The van der Waals surface area contributed by atoms with Crippen molar-refractivity contribution in [2.75, 3.05) is 12.0 Å². The Kier molecular flexibility index (Phi) is 4.86. The maximum absolute atomic E-state index is 11.1. The van der Waals surface area contributed by atoms with E-state index in [9.17, 15) is 13.5 Å². The van der Waals surface area contributed by atoms with Crippen LogP contribution in [0.15, 0.2) is 30.3 Å². The van der Waals surface area contributed by atoms with Gasteiger partial charge in [-0.3, -0.25) is 0 Å². The van der Waals surface area contributed by atoms with E-state index in [1.54, 1.807) is 0 Å². The van der Waals surface area contributed by atoms with Crippen LogP contribution in [0.2, 0.25) is 0 Å². The molecule has 0 saturated heterocycles. The summed E-state index contributed by atoms with van der Waals surface area (Å²) in [5.41, 5.74) is 0.696. The Hall–Kier alpha value is -0.870. The molecule has 1 fully saturated rings. The minimum Gasteiger partial charge on any atom is -0.390 e. The third kappa shape index (κ3) is 4.60. The second-order valence-corrected chi connectivity index (χ2v) is 8.40. The zero-order valence-electron chi connectivity index (χ0n) is 12.1. The van der Waals surface area contributed by atoms with Crippen molar-refractivity contribution < 1.29 is 13.5 Å². The van der Waals surface area contributed by atoms with Crippen LogP contribution in [-0.4, -0.2) is 31.1 Å². The second kappa shape index (κ2) is 6.27. The van der Waals surface area contributed by atoms with E-state index in [2.05, 4.69) is 24.3 Å². The van der Waals surface area contributed by atoms with Crippen LogP contribution in [0, 0.1) is 0 Å². The summed E-state index contributed by atoms with van der Waals surface area (Å²) in [7, 11) is -2.92. The molecule has 0 heterocycles. The molecule has 2 rings (SSSR count). The van der Waals surface area contributed by atoms with Gasteiger partial charge >= 0.3 is 0 Å². The van der Waals surface area contributed by atoms with Crippen LogP contribution in [0.1, 0.15) is 50.0 Å². The lowest BCUT2D eigenvalue weighted by molar-refractivity contribution is -0.00882. The van der Waals surface area contributed by atoms with Crippen LogP contribution < -0.4 is 0 Å². The lowest BCUT2D eigenvalue weighted by Gasteiger charge is -2.36. The molecule has 0 atom stereocenters. The number of sulfone groups is 1. The second-order valence-electron chi connectivity index (χ2n) is 6.14. The molecule has 1 N–H and O–H groups in total. The summed E-state index contributed by atoms with van der Waals surface area (Å²) >= 11 is 0. The van der Waals surface area contributed by atoms with Crippen molar-refractivity contribution in [2.24, 2.45) is 0 Å². The van der Waals surface area contributed by atoms with Crippen LogP contribution in [-0.2, 0) is 9.84 Å². The predicted molar refractivity (Wildman–Crippen MR) is 81.5 cm³/mol. The van der Waals surface area contributed by atoms with E-state index >= 15 is 0 Å². The Balaban J connectivity index is 1.84. The third-order valence-corrected chi connectivity index (χ3v) is 5.37. The fraction of sp³-hybridized carbons (Fsp3) is 0.625. The number of hydrogen-bond donors (Lipinski definition) is 1. The lowest BCUT2D eigenvalue weighted by Crippen LogP contribution is -2.34. The van der Waals surface area contributed by atoms with Crippen molar-refractivity contribution in [3.05, 3.63) is 35.9 Å². The summed E-state index contributed by atoms with van der Waals surface area (Å²) in [5.74, 6) is 0.712. The molecule has 0 amide bonds. The Morgan fingerprint density at radius 1 is 1.20 bits per heavy atom. The zero-order valence-corrected chi connectivity index (χ0v) is 12.9. The smallest absolute Gasteiger partial charge is 0.147 e. The van der Waals surface area contributed by atoms with E-state index in [4.69, 9.17) is 0 Å². The Labute approximate surface area is 121 Å². The van der Waals surface area contributed by atoms with E-state index in [0.29, 0.717) is 18.8 Å². The molecule has 0 spiro atoms. The average Bonchev–Trinajstić information content (AvgIpc) is 2.39. The minimum absolute atomic E-state index is 0.178. The SMILES string of the molecule is CS(=O)(=O)CCCC1(O)CCC(c2ccccc2)CC1.